The topological polar surface area (TPSA) is 26.0 Å². The predicted octanol–water partition coefficient (Wildman–Crippen LogP) is 3.19. The molecule has 84 valence electrons. The van der Waals surface area contributed by atoms with Crippen LogP contribution in [0.4, 0.5) is 4.39 Å². The molecule has 0 bridgehead atoms. The summed E-state index contributed by atoms with van der Waals surface area (Å²) in [5, 5.41) is 0. The monoisotopic (exact) mass is 209 g/mol. The van der Waals surface area contributed by atoms with Crippen LogP contribution in [-0.4, -0.2) is 6.04 Å². The minimum absolute atomic E-state index is 0.143. The van der Waals surface area contributed by atoms with Crippen molar-refractivity contribution in [1.82, 2.24) is 0 Å². The van der Waals surface area contributed by atoms with Gasteiger partial charge in [0.1, 0.15) is 5.82 Å². The summed E-state index contributed by atoms with van der Waals surface area (Å²) < 4.78 is 13.0. The van der Waals surface area contributed by atoms with Crippen molar-refractivity contribution < 1.29 is 4.39 Å². The van der Waals surface area contributed by atoms with E-state index in [0.717, 1.165) is 31.2 Å². The van der Waals surface area contributed by atoms with E-state index in [2.05, 4.69) is 6.92 Å². The normalized spacial score (nSPS) is 12.8. The minimum atomic E-state index is -0.143. The van der Waals surface area contributed by atoms with E-state index in [0.29, 0.717) is 6.04 Å². The number of nitrogens with two attached hydrogens (primary N) is 1. The van der Waals surface area contributed by atoms with Crippen LogP contribution in [0.1, 0.15) is 37.3 Å². The van der Waals surface area contributed by atoms with Gasteiger partial charge in [0.25, 0.3) is 0 Å². The first-order valence-corrected chi connectivity index (χ1v) is 5.64. The lowest BCUT2D eigenvalue weighted by atomic mass is 10.0. The average Bonchev–Trinajstić information content (AvgIpc) is 2.23. The zero-order valence-corrected chi connectivity index (χ0v) is 9.59. The molecule has 1 aromatic carbocycles. The highest BCUT2D eigenvalue weighted by Crippen LogP contribution is 2.13. The maximum absolute atomic E-state index is 13.0. The number of aryl methyl sites for hydroxylation is 2. The van der Waals surface area contributed by atoms with Gasteiger partial charge < -0.3 is 5.73 Å². The van der Waals surface area contributed by atoms with Crippen LogP contribution in [0.5, 0.6) is 0 Å². The number of hydrogen-bond acceptors (Lipinski definition) is 1. The summed E-state index contributed by atoms with van der Waals surface area (Å²) in [5.74, 6) is -0.143. The lowest BCUT2D eigenvalue weighted by molar-refractivity contribution is 0.565. The van der Waals surface area contributed by atoms with Crippen molar-refractivity contribution in [2.75, 3.05) is 0 Å². The zero-order valence-electron chi connectivity index (χ0n) is 9.59. The number of rotatable bonds is 5. The molecule has 1 rings (SSSR count). The summed E-state index contributed by atoms with van der Waals surface area (Å²) in [6, 6.07) is 5.27. The quantitative estimate of drug-likeness (QED) is 0.791. The van der Waals surface area contributed by atoms with Gasteiger partial charge in [-0.05, 0) is 55.9 Å². The Bertz CT molecular complexity index is 309. The van der Waals surface area contributed by atoms with E-state index in [9.17, 15) is 4.39 Å². The van der Waals surface area contributed by atoms with Crippen LogP contribution in [0, 0.1) is 12.7 Å². The molecule has 1 unspecified atom stereocenters. The fourth-order valence-corrected chi connectivity index (χ4v) is 1.67. The Kier molecular flexibility index (Phi) is 4.76. The van der Waals surface area contributed by atoms with Crippen LogP contribution in [-0.2, 0) is 6.42 Å². The molecule has 0 aliphatic heterocycles. The highest BCUT2D eigenvalue weighted by Gasteiger charge is 2.02. The Morgan fingerprint density at radius 1 is 1.40 bits per heavy atom. The lowest BCUT2D eigenvalue weighted by Gasteiger charge is -2.09. The van der Waals surface area contributed by atoms with Crippen LogP contribution in [0.15, 0.2) is 18.2 Å². The Balaban J connectivity index is 2.46. The molecule has 0 aliphatic rings. The molecule has 0 heterocycles. The third-order valence-corrected chi connectivity index (χ3v) is 2.86. The molecule has 0 spiro atoms. The third kappa shape index (κ3) is 4.00. The van der Waals surface area contributed by atoms with E-state index in [4.69, 9.17) is 5.73 Å². The van der Waals surface area contributed by atoms with E-state index in [1.807, 2.05) is 13.0 Å². The van der Waals surface area contributed by atoms with Crippen LogP contribution in [0.3, 0.4) is 0 Å². The largest absolute Gasteiger partial charge is 0.328 e. The first-order chi connectivity index (χ1) is 7.13. The summed E-state index contributed by atoms with van der Waals surface area (Å²) in [6.45, 7) is 4.12. The SMILES string of the molecule is CCC(N)CCCc1cc(F)ccc1C. The molecule has 0 saturated heterocycles. The Hall–Kier alpha value is -0.890. The molecular weight excluding hydrogens is 189 g/mol. The summed E-state index contributed by atoms with van der Waals surface area (Å²) in [5.41, 5.74) is 8.11. The van der Waals surface area contributed by atoms with Crippen molar-refractivity contribution in [2.45, 2.75) is 45.6 Å². The standard InChI is InChI=1S/C13H20FN/c1-3-13(15)6-4-5-11-9-12(14)8-7-10(11)2/h7-9,13H,3-6,15H2,1-2H3. The van der Waals surface area contributed by atoms with Gasteiger partial charge in [-0.2, -0.15) is 0 Å². The van der Waals surface area contributed by atoms with Gasteiger partial charge in [-0.1, -0.05) is 13.0 Å². The molecule has 2 N–H and O–H groups in total. The second kappa shape index (κ2) is 5.86. The van der Waals surface area contributed by atoms with Gasteiger partial charge in [-0.3, -0.25) is 0 Å². The molecule has 0 aliphatic carbocycles. The fraction of sp³-hybridized carbons (Fsp3) is 0.538. The maximum Gasteiger partial charge on any atom is 0.123 e. The van der Waals surface area contributed by atoms with Gasteiger partial charge in [0.05, 0.1) is 0 Å². The van der Waals surface area contributed by atoms with Crippen LogP contribution in [0.25, 0.3) is 0 Å². The first kappa shape index (κ1) is 12.2. The molecule has 1 aromatic rings. The van der Waals surface area contributed by atoms with Crippen LogP contribution in [0.2, 0.25) is 0 Å². The van der Waals surface area contributed by atoms with E-state index in [-0.39, 0.29) is 5.82 Å². The number of halogens is 1. The van der Waals surface area contributed by atoms with E-state index in [1.54, 1.807) is 6.07 Å². The van der Waals surface area contributed by atoms with Gasteiger partial charge in [0, 0.05) is 6.04 Å². The molecule has 0 aromatic heterocycles. The highest BCUT2D eigenvalue weighted by molar-refractivity contribution is 5.26. The second-order valence-corrected chi connectivity index (χ2v) is 4.13. The minimum Gasteiger partial charge on any atom is -0.328 e. The Labute approximate surface area is 91.5 Å². The van der Waals surface area contributed by atoms with Crippen LogP contribution >= 0.6 is 0 Å². The van der Waals surface area contributed by atoms with E-state index in [1.165, 1.54) is 11.6 Å². The van der Waals surface area contributed by atoms with Crippen molar-refractivity contribution in [2.24, 2.45) is 5.73 Å². The highest BCUT2D eigenvalue weighted by atomic mass is 19.1. The smallest absolute Gasteiger partial charge is 0.123 e. The predicted molar refractivity (Wildman–Crippen MR) is 62.3 cm³/mol. The van der Waals surface area contributed by atoms with Crippen molar-refractivity contribution >= 4 is 0 Å². The molecule has 0 radical (unpaired) electrons. The van der Waals surface area contributed by atoms with Crippen molar-refractivity contribution in [1.29, 1.82) is 0 Å². The number of hydrogen-bond donors (Lipinski definition) is 1. The molecule has 15 heavy (non-hydrogen) atoms. The molecule has 0 amide bonds. The average molecular weight is 209 g/mol. The fourth-order valence-electron chi connectivity index (χ4n) is 1.67. The lowest BCUT2D eigenvalue weighted by Crippen LogP contribution is -2.18. The molecule has 2 heteroatoms. The van der Waals surface area contributed by atoms with E-state index >= 15 is 0 Å². The summed E-state index contributed by atoms with van der Waals surface area (Å²) >= 11 is 0. The molecule has 0 fully saturated rings. The van der Waals surface area contributed by atoms with Gasteiger partial charge in [0.2, 0.25) is 0 Å². The van der Waals surface area contributed by atoms with E-state index < -0.39 is 0 Å². The Morgan fingerprint density at radius 2 is 2.13 bits per heavy atom. The number of benzene rings is 1. The van der Waals surface area contributed by atoms with Crippen molar-refractivity contribution in [3.05, 3.63) is 35.1 Å². The van der Waals surface area contributed by atoms with Crippen LogP contribution < -0.4 is 5.73 Å². The Morgan fingerprint density at radius 3 is 2.80 bits per heavy atom. The second-order valence-electron chi connectivity index (χ2n) is 4.13. The maximum atomic E-state index is 13.0. The van der Waals surface area contributed by atoms with Gasteiger partial charge in [-0.15, -0.1) is 0 Å². The van der Waals surface area contributed by atoms with Gasteiger partial charge in [-0.25, -0.2) is 4.39 Å². The summed E-state index contributed by atoms with van der Waals surface area (Å²) in [7, 11) is 0. The molecular formula is C13H20FN. The molecule has 1 atom stereocenters. The first-order valence-electron chi connectivity index (χ1n) is 5.64. The van der Waals surface area contributed by atoms with Crippen molar-refractivity contribution in [3.63, 3.8) is 0 Å². The van der Waals surface area contributed by atoms with Crippen molar-refractivity contribution in [3.8, 4) is 0 Å². The van der Waals surface area contributed by atoms with Gasteiger partial charge >= 0.3 is 0 Å². The third-order valence-electron chi connectivity index (χ3n) is 2.86. The zero-order chi connectivity index (χ0) is 11.3. The van der Waals surface area contributed by atoms with Gasteiger partial charge in [0.15, 0.2) is 0 Å². The summed E-state index contributed by atoms with van der Waals surface area (Å²) in [6.07, 6.45) is 4.01. The molecule has 0 saturated carbocycles. The summed E-state index contributed by atoms with van der Waals surface area (Å²) in [4.78, 5) is 0. The molecule has 1 nitrogen and oxygen atoms in total.